The topological polar surface area (TPSA) is 97.0 Å². The first-order chi connectivity index (χ1) is 21.7. The summed E-state index contributed by atoms with van der Waals surface area (Å²) in [6.45, 7) is 20.6. The summed E-state index contributed by atoms with van der Waals surface area (Å²) in [5.41, 5.74) is 5.03. The molecule has 0 radical (unpaired) electrons. The molecule has 1 heterocycles. The number of hydrogen-bond acceptors (Lipinski definition) is 8. The molecule has 1 fully saturated rings. The molecular formula is C36H55N3O4S2. The van der Waals surface area contributed by atoms with Gasteiger partial charge in [-0.05, 0) is 87.0 Å². The Hall–Kier alpha value is -3.17. The third-order valence-electron chi connectivity index (χ3n) is 6.97. The van der Waals surface area contributed by atoms with Gasteiger partial charge in [0.05, 0.1) is 30.0 Å². The summed E-state index contributed by atoms with van der Waals surface area (Å²) in [7, 11) is 1.64. The van der Waals surface area contributed by atoms with E-state index >= 15 is 0 Å². The SMILES string of the molecule is C/C=C\C=C(\C)CC.C=C.CCS/C(C(=O)NCc1cc(C)no1)=C1/CC(c2ccc(OC)cc2)C/C(=N\O)C1C.CCSC. The summed E-state index contributed by atoms with van der Waals surface area (Å²) in [6.07, 6.45) is 10.9. The fourth-order valence-electron chi connectivity index (χ4n) is 4.25. The molecule has 0 spiro atoms. The minimum absolute atomic E-state index is 0.105. The maximum atomic E-state index is 13.1. The number of methoxy groups -OCH3 is 1. The summed E-state index contributed by atoms with van der Waals surface area (Å²) in [6, 6.07) is 9.73. The Bertz CT molecular complexity index is 1230. The van der Waals surface area contributed by atoms with Crippen LogP contribution in [-0.4, -0.2) is 46.9 Å². The number of carbonyl (C=O) groups excluding carboxylic acids is 1. The summed E-state index contributed by atoms with van der Waals surface area (Å²) in [4.78, 5) is 13.8. The van der Waals surface area contributed by atoms with Crippen molar-refractivity contribution < 1.29 is 19.3 Å². The molecule has 1 aromatic carbocycles. The van der Waals surface area contributed by atoms with E-state index in [1.54, 1.807) is 13.2 Å². The number of carbonyl (C=O) groups is 1. The Morgan fingerprint density at radius 1 is 1.20 bits per heavy atom. The molecule has 1 saturated carbocycles. The van der Waals surface area contributed by atoms with Gasteiger partial charge < -0.3 is 19.8 Å². The number of aromatic nitrogens is 1. The highest BCUT2D eigenvalue weighted by Gasteiger charge is 2.33. The van der Waals surface area contributed by atoms with Gasteiger partial charge in [0.15, 0.2) is 5.76 Å². The van der Waals surface area contributed by atoms with E-state index in [1.807, 2.05) is 69.8 Å². The lowest BCUT2D eigenvalue weighted by Crippen LogP contribution is -2.30. The van der Waals surface area contributed by atoms with Crippen molar-refractivity contribution in [3.05, 3.63) is 94.8 Å². The Labute approximate surface area is 280 Å². The van der Waals surface area contributed by atoms with E-state index in [2.05, 4.69) is 68.0 Å². The number of nitrogens with zero attached hydrogens (tertiary/aromatic N) is 2. The molecule has 1 aliphatic rings. The number of rotatable bonds is 10. The number of amides is 1. The lowest BCUT2D eigenvalue weighted by Gasteiger charge is -2.32. The van der Waals surface area contributed by atoms with E-state index in [1.165, 1.54) is 23.1 Å². The van der Waals surface area contributed by atoms with E-state index in [9.17, 15) is 10.0 Å². The molecule has 0 saturated heterocycles. The Balaban J connectivity index is 0.00000116. The largest absolute Gasteiger partial charge is 0.497 e. The molecule has 2 unspecified atom stereocenters. The maximum Gasteiger partial charge on any atom is 0.258 e. The van der Waals surface area contributed by atoms with Crippen LogP contribution in [0.1, 0.15) is 83.7 Å². The number of nitrogens with one attached hydrogen (secondary N) is 1. The standard InChI is InChI=1S/C23H29N3O4S.C8H14.C3H8S.C2H4/c1-5-31-22(23(27)24-13-19-10-14(2)26-30-19)20-11-17(12-21(25-28)15(20)3)16-6-8-18(29-4)9-7-16;1-4-6-7-8(3)5-2;1-3-4-2;1-2/h6-10,15,17,28H,5,11-13H2,1-4H3,(H,24,27);4,6-7H,5H2,1-3H3;3H2,1-2H3;1-2H2/b22-20-,25-21+;6-4-,8-7-;;. The number of thioether (sulfide) groups is 2. The zero-order chi connectivity index (χ0) is 34.2. The molecular weight excluding hydrogens is 603 g/mol. The second-order valence-corrected chi connectivity index (χ2v) is 12.5. The molecule has 2 N–H and O–H groups in total. The van der Waals surface area contributed by atoms with Gasteiger partial charge in [0, 0.05) is 12.0 Å². The van der Waals surface area contributed by atoms with Gasteiger partial charge in [-0.2, -0.15) is 11.8 Å². The predicted octanol–water partition coefficient (Wildman–Crippen LogP) is 9.75. The van der Waals surface area contributed by atoms with E-state index < -0.39 is 0 Å². The van der Waals surface area contributed by atoms with Crippen molar-refractivity contribution in [2.45, 2.75) is 80.2 Å². The smallest absolute Gasteiger partial charge is 0.258 e. The number of aryl methyl sites for hydroxylation is 1. The minimum atomic E-state index is -0.143. The average molecular weight is 658 g/mol. The molecule has 1 amide bonds. The molecule has 3 rings (SSSR count). The van der Waals surface area contributed by atoms with E-state index in [0.29, 0.717) is 22.8 Å². The highest BCUT2D eigenvalue weighted by molar-refractivity contribution is 8.04. The van der Waals surface area contributed by atoms with Crippen molar-refractivity contribution in [1.82, 2.24) is 10.5 Å². The molecule has 7 nitrogen and oxygen atoms in total. The van der Waals surface area contributed by atoms with Crippen LogP contribution in [0, 0.1) is 12.8 Å². The summed E-state index contributed by atoms with van der Waals surface area (Å²) >= 11 is 3.37. The highest BCUT2D eigenvalue weighted by Crippen LogP contribution is 2.41. The lowest BCUT2D eigenvalue weighted by atomic mass is 9.74. The Morgan fingerprint density at radius 2 is 1.84 bits per heavy atom. The molecule has 0 aliphatic heterocycles. The fraction of sp³-hybridized carbons (Fsp3) is 0.472. The summed E-state index contributed by atoms with van der Waals surface area (Å²) < 4.78 is 10.5. The molecule has 9 heteroatoms. The van der Waals surface area contributed by atoms with Crippen molar-refractivity contribution in [1.29, 1.82) is 0 Å². The number of hydrogen-bond donors (Lipinski definition) is 2. The number of benzene rings is 1. The molecule has 2 aromatic rings. The van der Waals surface area contributed by atoms with Gasteiger partial charge in [0.25, 0.3) is 5.91 Å². The molecule has 1 aliphatic carbocycles. The Morgan fingerprint density at radius 3 is 2.31 bits per heavy atom. The monoisotopic (exact) mass is 657 g/mol. The van der Waals surface area contributed by atoms with Crippen LogP contribution in [0.25, 0.3) is 0 Å². The van der Waals surface area contributed by atoms with E-state index in [4.69, 9.17) is 9.26 Å². The number of allylic oxidation sites excluding steroid dienone is 5. The van der Waals surface area contributed by atoms with Crippen LogP contribution in [0.2, 0.25) is 0 Å². The zero-order valence-electron chi connectivity index (χ0n) is 28.8. The van der Waals surface area contributed by atoms with Crippen LogP contribution in [-0.2, 0) is 11.3 Å². The highest BCUT2D eigenvalue weighted by atomic mass is 32.2. The van der Waals surface area contributed by atoms with Crippen molar-refractivity contribution in [2.24, 2.45) is 11.1 Å². The zero-order valence-corrected chi connectivity index (χ0v) is 30.4. The normalized spacial score (nSPS) is 18.1. The predicted molar refractivity (Wildman–Crippen MR) is 196 cm³/mol. The van der Waals surface area contributed by atoms with Gasteiger partial charge in [0.1, 0.15) is 5.75 Å². The number of oxime groups is 1. The first-order valence-corrected chi connectivity index (χ1v) is 17.7. The lowest BCUT2D eigenvalue weighted by molar-refractivity contribution is -0.117. The minimum Gasteiger partial charge on any atom is -0.497 e. The second-order valence-electron chi connectivity index (χ2n) is 10.1. The van der Waals surface area contributed by atoms with Crippen molar-refractivity contribution >= 4 is 35.1 Å². The van der Waals surface area contributed by atoms with Crippen LogP contribution in [0.4, 0.5) is 0 Å². The van der Waals surface area contributed by atoms with Gasteiger partial charge in [0.2, 0.25) is 0 Å². The van der Waals surface area contributed by atoms with E-state index in [0.717, 1.165) is 41.2 Å². The van der Waals surface area contributed by atoms with Gasteiger partial charge in [-0.1, -0.05) is 73.9 Å². The molecule has 2 atom stereocenters. The average Bonchev–Trinajstić information content (AvgIpc) is 3.51. The third-order valence-corrected chi connectivity index (χ3v) is 8.57. The van der Waals surface area contributed by atoms with Crippen molar-refractivity contribution in [3.63, 3.8) is 0 Å². The van der Waals surface area contributed by atoms with Gasteiger partial charge in [-0.15, -0.1) is 24.9 Å². The first-order valence-electron chi connectivity index (χ1n) is 15.4. The molecule has 0 bridgehead atoms. The van der Waals surface area contributed by atoms with Gasteiger partial charge in [-0.25, -0.2) is 0 Å². The van der Waals surface area contributed by atoms with Crippen LogP contribution in [0.15, 0.2) is 87.4 Å². The molecule has 1 aromatic heterocycles. The fourth-order valence-corrected chi connectivity index (χ4v) is 5.18. The second kappa shape index (κ2) is 25.1. The molecule has 250 valence electrons. The Kier molecular flexibility index (Phi) is 23.3. The van der Waals surface area contributed by atoms with Crippen LogP contribution in [0.3, 0.4) is 0 Å². The van der Waals surface area contributed by atoms with Crippen molar-refractivity contribution in [2.75, 3.05) is 24.9 Å². The van der Waals surface area contributed by atoms with Gasteiger partial charge in [-0.3, -0.25) is 4.79 Å². The van der Waals surface area contributed by atoms with Crippen molar-refractivity contribution in [3.8, 4) is 5.75 Å². The first kappa shape index (κ1) is 41.8. The summed E-state index contributed by atoms with van der Waals surface area (Å²) in [5.74, 6) is 3.28. The van der Waals surface area contributed by atoms with E-state index in [-0.39, 0.29) is 24.3 Å². The van der Waals surface area contributed by atoms with Crippen LogP contribution >= 0.6 is 23.5 Å². The van der Waals surface area contributed by atoms with Crippen LogP contribution in [0.5, 0.6) is 5.75 Å². The van der Waals surface area contributed by atoms with Crippen LogP contribution < -0.4 is 10.1 Å². The number of ether oxygens (including phenoxy) is 1. The quantitative estimate of drug-likeness (QED) is 0.0863. The summed E-state index contributed by atoms with van der Waals surface area (Å²) in [5, 5.41) is 20.0. The van der Waals surface area contributed by atoms with Gasteiger partial charge >= 0.3 is 0 Å². The third kappa shape index (κ3) is 15.6. The maximum absolute atomic E-state index is 13.1. The molecule has 45 heavy (non-hydrogen) atoms.